The van der Waals surface area contributed by atoms with E-state index >= 15 is 0 Å². The number of aryl methyl sites for hydroxylation is 1. The van der Waals surface area contributed by atoms with Gasteiger partial charge in [-0.2, -0.15) is 0 Å². The predicted molar refractivity (Wildman–Crippen MR) is 131 cm³/mol. The second-order valence-corrected chi connectivity index (χ2v) is 8.40. The summed E-state index contributed by atoms with van der Waals surface area (Å²) in [6.07, 6.45) is 4.13. The minimum Gasteiger partial charge on any atom is -0.478 e. The molecule has 6 heteroatoms. The maximum Gasteiger partial charge on any atom is 0.335 e. The SMILES string of the molecule is Cc1ccc(Cc2cc3nc(-c4ccc(-c5ccncc5)cc4)c(Cl)cc3[nH]2)cc1C(=O)O. The van der Waals surface area contributed by atoms with Crippen LogP contribution in [-0.4, -0.2) is 26.0 Å². The third kappa shape index (κ3) is 4.23. The molecule has 2 aromatic carbocycles. The topological polar surface area (TPSA) is 78.9 Å². The van der Waals surface area contributed by atoms with Gasteiger partial charge in [0.2, 0.25) is 0 Å². The molecule has 0 fully saturated rings. The van der Waals surface area contributed by atoms with Crippen LogP contribution in [0.5, 0.6) is 0 Å². The van der Waals surface area contributed by atoms with E-state index in [1.165, 1.54) is 0 Å². The van der Waals surface area contributed by atoms with Crippen LogP contribution in [0.1, 0.15) is 27.2 Å². The van der Waals surface area contributed by atoms with Gasteiger partial charge in [-0.15, -0.1) is 0 Å². The summed E-state index contributed by atoms with van der Waals surface area (Å²) in [5.74, 6) is -0.918. The van der Waals surface area contributed by atoms with Crippen molar-refractivity contribution in [3.8, 4) is 22.4 Å². The van der Waals surface area contributed by atoms with E-state index in [1.807, 2.05) is 60.7 Å². The predicted octanol–water partition coefficient (Wildman–Crippen LogP) is 6.54. The highest BCUT2D eigenvalue weighted by Gasteiger charge is 2.12. The number of nitrogens with one attached hydrogen (secondary N) is 1. The van der Waals surface area contributed by atoms with Crippen molar-refractivity contribution in [3.63, 3.8) is 0 Å². The second-order valence-electron chi connectivity index (χ2n) is 7.99. The van der Waals surface area contributed by atoms with Crippen molar-refractivity contribution in [2.75, 3.05) is 0 Å². The Morgan fingerprint density at radius 2 is 1.64 bits per heavy atom. The molecule has 3 heterocycles. The van der Waals surface area contributed by atoms with E-state index in [1.54, 1.807) is 25.4 Å². The second kappa shape index (κ2) is 8.52. The van der Waals surface area contributed by atoms with Gasteiger partial charge >= 0.3 is 5.97 Å². The fourth-order valence-electron chi connectivity index (χ4n) is 3.98. The standard InChI is InChI=1S/C27H20ClN3O2/c1-16-2-3-17(13-22(16)27(32)33)12-21-14-24-25(30-21)15-23(28)26(31-24)20-6-4-18(5-7-20)19-8-10-29-11-9-19/h2-11,13-15,30H,12H2,1H3,(H,32,33). The number of hydrogen-bond acceptors (Lipinski definition) is 3. The fourth-order valence-corrected chi connectivity index (χ4v) is 4.24. The molecule has 3 aromatic heterocycles. The van der Waals surface area contributed by atoms with Crippen LogP contribution < -0.4 is 0 Å². The first kappa shape index (κ1) is 20.9. The molecule has 0 saturated heterocycles. The van der Waals surface area contributed by atoms with Crippen molar-refractivity contribution in [2.24, 2.45) is 0 Å². The summed E-state index contributed by atoms with van der Waals surface area (Å²) in [7, 11) is 0. The van der Waals surface area contributed by atoms with Gasteiger partial charge in [0.25, 0.3) is 0 Å². The van der Waals surface area contributed by atoms with Gasteiger partial charge in [-0.25, -0.2) is 9.78 Å². The largest absolute Gasteiger partial charge is 0.478 e. The number of benzene rings is 2. The molecule has 0 aliphatic carbocycles. The van der Waals surface area contributed by atoms with Crippen molar-refractivity contribution >= 4 is 28.6 Å². The summed E-state index contributed by atoms with van der Waals surface area (Å²) in [6.45, 7) is 1.80. The molecule has 0 saturated carbocycles. The van der Waals surface area contributed by atoms with Crippen molar-refractivity contribution in [1.82, 2.24) is 15.0 Å². The minimum absolute atomic E-state index is 0.322. The summed E-state index contributed by atoms with van der Waals surface area (Å²) in [5, 5.41) is 9.95. The lowest BCUT2D eigenvalue weighted by Gasteiger charge is -2.06. The van der Waals surface area contributed by atoms with Crippen molar-refractivity contribution in [2.45, 2.75) is 13.3 Å². The lowest BCUT2D eigenvalue weighted by Crippen LogP contribution is -2.01. The molecule has 2 N–H and O–H groups in total. The Bertz CT molecular complexity index is 1480. The number of hydrogen-bond donors (Lipinski definition) is 2. The third-order valence-corrected chi connectivity index (χ3v) is 6.00. The maximum absolute atomic E-state index is 11.4. The number of carboxylic acids is 1. The van der Waals surface area contributed by atoms with Gasteiger partial charge in [0, 0.05) is 30.1 Å². The summed E-state index contributed by atoms with van der Waals surface area (Å²) in [4.78, 5) is 23.7. The molecule has 162 valence electrons. The van der Waals surface area contributed by atoms with E-state index in [-0.39, 0.29) is 0 Å². The van der Waals surface area contributed by atoms with E-state index in [2.05, 4.69) is 9.97 Å². The number of rotatable bonds is 5. The molecule has 5 nitrogen and oxygen atoms in total. The molecule has 0 bridgehead atoms. The molecule has 0 spiro atoms. The Balaban J connectivity index is 1.45. The number of halogens is 1. The summed E-state index contributed by atoms with van der Waals surface area (Å²) in [6, 6.07) is 21.5. The maximum atomic E-state index is 11.4. The van der Waals surface area contributed by atoms with Gasteiger partial charge in [-0.3, -0.25) is 4.98 Å². The summed E-state index contributed by atoms with van der Waals surface area (Å²) in [5.41, 5.74) is 8.45. The lowest BCUT2D eigenvalue weighted by molar-refractivity contribution is 0.0696. The molecule has 33 heavy (non-hydrogen) atoms. The molecule has 5 rings (SSSR count). The van der Waals surface area contributed by atoms with Crippen LogP contribution in [-0.2, 0) is 6.42 Å². The van der Waals surface area contributed by atoms with Gasteiger partial charge in [0.05, 0.1) is 27.3 Å². The third-order valence-electron chi connectivity index (χ3n) is 5.71. The molecule has 0 amide bonds. The Kier molecular flexibility index (Phi) is 5.40. The monoisotopic (exact) mass is 453 g/mol. The number of aromatic carboxylic acids is 1. The van der Waals surface area contributed by atoms with Gasteiger partial charge in [-0.05, 0) is 59.5 Å². The van der Waals surface area contributed by atoms with Crippen molar-refractivity contribution in [1.29, 1.82) is 0 Å². The highest BCUT2D eigenvalue weighted by atomic mass is 35.5. The van der Waals surface area contributed by atoms with Crippen LogP contribution in [0, 0.1) is 6.92 Å². The number of pyridine rings is 2. The smallest absolute Gasteiger partial charge is 0.335 e. The number of fused-ring (bicyclic) bond motifs is 1. The van der Waals surface area contributed by atoms with Crippen LogP contribution in [0.25, 0.3) is 33.4 Å². The highest BCUT2D eigenvalue weighted by molar-refractivity contribution is 6.33. The average molecular weight is 454 g/mol. The number of carboxylic acid groups (broad SMARTS) is 1. The van der Waals surface area contributed by atoms with Crippen LogP contribution in [0.4, 0.5) is 0 Å². The van der Waals surface area contributed by atoms with Crippen LogP contribution >= 0.6 is 11.6 Å². The zero-order valence-electron chi connectivity index (χ0n) is 17.8. The Labute approximate surface area is 195 Å². The van der Waals surface area contributed by atoms with Crippen molar-refractivity contribution in [3.05, 3.63) is 107 Å². The molecule has 0 atom stereocenters. The van der Waals surface area contributed by atoms with Gasteiger partial charge < -0.3 is 10.1 Å². The Morgan fingerprint density at radius 1 is 0.939 bits per heavy atom. The normalized spacial score (nSPS) is 11.1. The zero-order valence-corrected chi connectivity index (χ0v) is 18.6. The van der Waals surface area contributed by atoms with Gasteiger partial charge in [0.15, 0.2) is 0 Å². The zero-order chi connectivity index (χ0) is 22.9. The van der Waals surface area contributed by atoms with Gasteiger partial charge in [-0.1, -0.05) is 48.0 Å². The van der Waals surface area contributed by atoms with E-state index in [0.29, 0.717) is 17.0 Å². The molecular formula is C27H20ClN3O2. The molecule has 5 aromatic rings. The number of aromatic amines is 1. The molecule has 0 aliphatic heterocycles. The quantitative estimate of drug-likeness (QED) is 0.316. The first-order chi connectivity index (χ1) is 16.0. The lowest BCUT2D eigenvalue weighted by atomic mass is 10.0. The fraction of sp³-hybridized carbons (Fsp3) is 0.0741. The number of nitrogens with zero attached hydrogens (tertiary/aromatic N) is 2. The minimum atomic E-state index is -0.918. The molecular weight excluding hydrogens is 434 g/mol. The molecule has 0 unspecified atom stereocenters. The summed E-state index contributed by atoms with van der Waals surface area (Å²) >= 11 is 6.58. The molecule has 0 radical (unpaired) electrons. The highest BCUT2D eigenvalue weighted by Crippen LogP contribution is 2.31. The molecule has 0 aliphatic rings. The number of aromatic nitrogens is 3. The number of carbonyl (C=O) groups is 1. The average Bonchev–Trinajstić information content (AvgIpc) is 3.21. The van der Waals surface area contributed by atoms with Crippen molar-refractivity contribution < 1.29 is 9.90 Å². The van der Waals surface area contributed by atoms with Crippen LogP contribution in [0.15, 0.2) is 79.1 Å². The summed E-state index contributed by atoms with van der Waals surface area (Å²) < 4.78 is 0. The first-order valence-electron chi connectivity index (χ1n) is 10.5. The first-order valence-corrected chi connectivity index (χ1v) is 10.9. The van der Waals surface area contributed by atoms with E-state index in [4.69, 9.17) is 16.6 Å². The Hall–Kier alpha value is -3.96. The Morgan fingerprint density at radius 3 is 2.36 bits per heavy atom. The van der Waals surface area contributed by atoms with Gasteiger partial charge in [0.1, 0.15) is 0 Å². The van der Waals surface area contributed by atoms with Crippen LogP contribution in [0.2, 0.25) is 5.02 Å². The van der Waals surface area contributed by atoms with Crippen LogP contribution in [0.3, 0.4) is 0 Å². The van der Waals surface area contributed by atoms with E-state index in [9.17, 15) is 9.90 Å². The van der Waals surface area contributed by atoms with E-state index < -0.39 is 5.97 Å². The number of H-pyrrole nitrogens is 1. The van der Waals surface area contributed by atoms with E-state index in [0.717, 1.165) is 50.2 Å².